The van der Waals surface area contributed by atoms with E-state index in [4.69, 9.17) is 46.0 Å². The molecule has 1 N–H and O–H groups in total. The van der Waals surface area contributed by atoms with Gasteiger partial charge < -0.3 is 23.2 Å². The lowest BCUT2D eigenvalue weighted by molar-refractivity contribution is 0.0747. The van der Waals surface area contributed by atoms with Crippen LogP contribution in [0, 0.1) is 0 Å². The number of aliphatic hydroxyl groups is 1. The van der Waals surface area contributed by atoms with Crippen LogP contribution in [0.15, 0.2) is 60.7 Å². The minimum atomic E-state index is -2.87. The molecule has 2 aromatic carbocycles. The third-order valence-corrected chi connectivity index (χ3v) is 10.1. The Balaban J connectivity index is 0.000000330. The van der Waals surface area contributed by atoms with Crippen LogP contribution in [0.2, 0.25) is 0 Å². The van der Waals surface area contributed by atoms with E-state index in [9.17, 15) is 9.90 Å². The average molecular weight is 535 g/mol. The molecular weight excluding hydrogens is 502 g/mol. The summed E-state index contributed by atoms with van der Waals surface area (Å²) in [5.74, 6) is -0.271. The zero-order valence-electron chi connectivity index (χ0n) is 19.3. The Bertz CT molecular complexity index is 865. The van der Waals surface area contributed by atoms with Gasteiger partial charge in [-0.3, -0.25) is 4.79 Å². The Labute approximate surface area is 206 Å². The van der Waals surface area contributed by atoms with E-state index in [1.165, 1.54) is 0 Å². The molecule has 0 radical (unpaired) electrons. The molecule has 0 aliphatic carbocycles. The van der Waals surface area contributed by atoms with E-state index < -0.39 is 19.5 Å². The highest BCUT2D eigenvalue weighted by molar-refractivity contribution is 8.14. The summed E-state index contributed by atoms with van der Waals surface area (Å²) in [6, 6.07) is 17.7. The third kappa shape index (κ3) is 11.0. The minimum absolute atomic E-state index is 0.271. The van der Waals surface area contributed by atoms with Crippen LogP contribution in [0.4, 0.5) is 0 Å². The van der Waals surface area contributed by atoms with Gasteiger partial charge in [-0.05, 0) is 56.9 Å². The molecule has 0 bridgehead atoms. The van der Waals surface area contributed by atoms with E-state index >= 15 is 0 Å². The van der Waals surface area contributed by atoms with E-state index in [-0.39, 0.29) is 5.78 Å². The van der Waals surface area contributed by atoms with Gasteiger partial charge in [-0.1, -0.05) is 60.7 Å². The smallest absolute Gasteiger partial charge is 0.334 e. The van der Waals surface area contributed by atoms with E-state index in [2.05, 4.69) is 0 Å². The molecule has 11 heteroatoms. The lowest BCUT2D eigenvalue weighted by Crippen LogP contribution is -2.11. The summed E-state index contributed by atoms with van der Waals surface area (Å²) in [5.41, 5.74) is 1.15. The van der Waals surface area contributed by atoms with Crippen molar-refractivity contribution in [1.82, 2.24) is 0 Å². The molecule has 2 rings (SSSR count). The lowest BCUT2D eigenvalue weighted by Gasteiger charge is -2.27. The summed E-state index contributed by atoms with van der Waals surface area (Å²) in [6.45, 7) is 3.09. The normalized spacial score (nSPS) is 12.5. The Hall–Kier alpha value is -0.830. The summed E-state index contributed by atoms with van der Waals surface area (Å²) in [7, 11) is 0. The molecule has 0 aliphatic heterocycles. The van der Waals surface area contributed by atoms with Gasteiger partial charge in [-0.15, -0.1) is 0 Å². The number of benzene rings is 2. The first-order valence-electron chi connectivity index (χ1n) is 10.6. The van der Waals surface area contributed by atoms with Crippen LogP contribution in [0.3, 0.4) is 0 Å². The highest BCUT2D eigenvalue weighted by Gasteiger charge is 2.32. The number of Topliss-reactive ketones (excluding diaryl/α,β-unsaturated/α-hetero) is 1. The van der Waals surface area contributed by atoms with Crippen LogP contribution >= 0.6 is 13.4 Å². The lowest BCUT2D eigenvalue weighted by atomic mass is 10.0. The molecule has 0 heterocycles. The Morgan fingerprint density at radius 3 is 1.48 bits per heavy atom. The highest BCUT2D eigenvalue weighted by atomic mass is 32.5. The van der Waals surface area contributed by atoms with Crippen molar-refractivity contribution in [2.45, 2.75) is 33.8 Å². The van der Waals surface area contributed by atoms with Gasteiger partial charge in [0.2, 0.25) is 0 Å². The van der Waals surface area contributed by atoms with Gasteiger partial charge in [0.15, 0.2) is 5.78 Å². The van der Waals surface area contributed by atoms with Crippen molar-refractivity contribution in [3.05, 3.63) is 71.8 Å². The molecule has 0 spiro atoms. The first-order chi connectivity index (χ1) is 15.7. The molecule has 0 aromatic heterocycles. The van der Waals surface area contributed by atoms with E-state index in [0.717, 1.165) is 0 Å². The SMILES string of the molecule is CCOP(=S)(OCC)OP(=S)(OCC)OCC.O=C(c1ccccc1)C(O)c1ccccc1. The van der Waals surface area contributed by atoms with Gasteiger partial charge in [0.25, 0.3) is 0 Å². The number of carbonyl (C=O) groups is 1. The van der Waals surface area contributed by atoms with Crippen LogP contribution in [0.25, 0.3) is 0 Å². The maximum atomic E-state index is 11.9. The molecule has 33 heavy (non-hydrogen) atoms. The predicted octanol–water partition coefficient (Wildman–Crippen LogP) is 6.20. The summed E-state index contributed by atoms with van der Waals surface area (Å²) in [4.78, 5) is 11.9. The molecule has 0 amide bonds. The van der Waals surface area contributed by atoms with Crippen LogP contribution in [0.5, 0.6) is 0 Å². The minimum Gasteiger partial charge on any atom is -0.380 e. The van der Waals surface area contributed by atoms with Gasteiger partial charge in [-0.25, -0.2) is 4.31 Å². The second kappa shape index (κ2) is 16.0. The van der Waals surface area contributed by atoms with E-state index in [1.54, 1.807) is 48.5 Å². The summed E-state index contributed by atoms with van der Waals surface area (Å²) in [6.07, 6.45) is -1.08. The molecule has 2 aromatic rings. The second-order valence-electron chi connectivity index (χ2n) is 6.19. The summed E-state index contributed by atoms with van der Waals surface area (Å²) < 4.78 is 26.9. The number of ketones is 1. The fraction of sp³-hybridized carbons (Fsp3) is 0.409. The van der Waals surface area contributed by atoms with Crippen molar-refractivity contribution in [2.24, 2.45) is 0 Å². The number of hydrogen-bond acceptors (Lipinski definition) is 9. The maximum Gasteiger partial charge on any atom is 0.334 e. The molecule has 1 atom stereocenters. The quantitative estimate of drug-likeness (QED) is 0.238. The second-order valence-corrected chi connectivity index (χ2v) is 12.3. The van der Waals surface area contributed by atoms with Gasteiger partial charge in [0.05, 0.1) is 26.4 Å². The number of aliphatic hydroxyl groups excluding tert-OH is 1. The number of rotatable bonds is 13. The Morgan fingerprint density at radius 2 is 1.12 bits per heavy atom. The first kappa shape index (κ1) is 30.2. The van der Waals surface area contributed by atoms with E-state index in [0.29, 0.717) is 37.6 Å². The molecular formula is C22H32O7P2S2. The molecule has 0 aliphatic rings. The van der Waals surface area contributed by atoms with Crippen molar-refractivity contribution in [3.8, 4) is 0 Å². The van der Waals surface area contributed by atoms with Gasteiger partial charge in [0.1, 0.15) is 6.10 Å². The fourth-order valence-electron chi connectivity index (χ4n) is 2.47. The number of carbonyl (C=O) groups excluding carboxylic acids is 1. The van der Waals surface area contributed by atoms with Crippen molar-refractivity contribution >= 4 is 42.8 Å². The van der Waals surface area contributed by atoms with Crippen LogP contribution in [0.1, 0.15) is 49.7 Å². The van der Waals surface area contributed by atoms with Gasteiger partial charge in [0, 0.05) is 5.56 Å². The zero-order valence-corrected chi connectivity index (χ0v) is 22.7. The van der Waals surface area contributed by atoms with Gasteiger partial charge in [-0.2, -0.15) is 0 Å². The van der Waals surface area contributed by atoms with Crippen LogP contribution < -0.4 is 0 Å². The maximum absolute atomic E-state index is 11.9. The van der Waals surface area contributed by atoms with Crippen molar-refractivity contribution in [3.63, 3.8) is 0 Å². The monoisotopic (exact) mass is 534 g/mol. The third-order valence-electron chi connectivity index (χ3n) is 3.77. The topological polar surface area (TPSA) is 83.5 Å². The molecule has 0 saturated carbocycles. The van der Waals surface area contributed by atoms with Crippen LogP contribution in [-0.2, 0) is 46.0 Å². The predicted molar refractivity (Wildman–Crippen MR) is 138 cm³/mol. The van der Waals surface area contributed by atoms with Gasteiger partial charge >= 0.3 is 13.4 Å². The fourth-order valence-corrected chi connectivity index (χ4v) is 8.84. The van der Waals surface area contributed by atoms with Crippen LogP contribution in [-0.4, -0.2) is 37.3 Å². The van der Waals surface area contributed by atoms with Crippen molar-refractivity contribution in [1.29, 1.82) is 0 Å². The molecule has 184 valence electrons. The standard InChI is InChI=1S/C14H12O2.C8H20O5P2S2/c15-13(11-7-3-1-4-8-11)14(16)12-9-5-2-6-10-12;1-5-9-14(16,10-6-2)13-15(17,11-7-3)12-8-4/h1-10,13,15H;5-8H2,1-4H3. The Kier molecular flexibility index (Phi) is 14.6. The molecule has 0 saturated heterocycles. The Morgan fingerprint density at radius 1 is 0.758 bits per heavy atom. The first-order valence-corrected chi connectivity index (χ1v) is 15.7. The zero-order chi connectivity index (χ0) is 24.7. The summed E-state index contributed by atoms with van der Waals surface area (Å²) in [5, 5.41) is 9.89. The average Bonchev–Trinajstić information content (AvgIpc) is 2.80. The number of hydrogen-bond donors (Lipinski definition) is 1. The van der Waals surface area contributed by atoms with Crippen molar-refractivity contribution < 1.29 is 32.3 Å². The highest BCUT2D eigenvalue weighted by Crippen LogP contribution is 2.66. The molecule has 7 nitrogen and oxygen atoms in total. The molecule has 0 fully saturated rings. The van der Waals surface area contributed by atoms with Crippen molar-refractivity contribution in [2.75, 3.05) is 26.4 Å². The largest absolute Gasteiger partial charge is 0.380 e. The molecule has 1 unspecified atom stereocenters. The van der Waals surface area contributed by atoms with E-state index in [1.807, 2.05) is 39.8 Å². The summed E-state index contributed by atoms with van der Waals surface area (Å²) >= 11 is 10.4.